The molecule has 3 rings (SSSR count). The zero-order chi connectivity index (χ0) is 11.7. The number of H-pyrrole nitrogens is 1. The lowest BCUT2D eigenvalue weighted by Crippen LogP contribution is -1.77. The number of aromatic amines is 1. The van der Waals surface area contributed by atoms with Gasteiger partial charge in [-0.2, -0.15) is 0 Å². The van der Waals surface area contributed by atoms with Crippen LogP contribution in [0.15, 0.2) is 53.7 Å². The molecule has 2 heterocycles. The Morgan fingerprint density at radius 2 is 1.94 bits per heavy atom. The van der Waals surface area contributed by atoms with E-state index in [-0.39, 0.29) is 0 Å². The minimum Gasteiger partial charge on any atom is -0.346 e. The summed E-state index contributed by atoms with van der Waals surface area (Å²) in [7, 11) is 0. The van der Waals surface area contributed by atoms with Crippen LogP contribution in [0.25, 0.3) is 22.2 Å². The Balaban J connectivity index is 2.13. The van der Waals surface area contributed by atoms with E-state index in [1.165, 1.54) is 21.4 Å². The van der Waals surface area contributed by atoms with Gasteiger partial charge in [0.2, 0.25) is 0 Å². The molecule has 17 heavy (non-hydrogen) atoms. The van der Waals surface area contributed by atoms with Gasteiger partial charge in [0.1, 0.15) is 5.65 Å². The molecule has 0 aliphatic carbocycles. The van der Waals surface area contributed by atoms with Crippen LogP contribution >= 0.6 is 11.8 Å². The van der Waals surface area contributed by atoms with Gasteiger partial charge in [0.05, 0.1) is 0 Å². The first-order valence-electron chi connectivity index (χ1n) is 5.45. The van der Waals surface area contributed by atoms with Crippen molar-refractivity contribution >= 4 is 22.8 Å². The molecular weight excluding hydrogens is 228 g/mol. The Hall–Kier alpha value is -1.74. The van der Waals surface area contributed by atoms with Crippen molar-refractivity contribution in [3.05, 3.63) is 48.8 Å². The fourth-order valence-electron chi connectivity index (χ4n) is 1.97. The lowest BCUT2D eigenvalue weighted by molar-refractivity contribution is 1.33. The van der Waals surface area contributed by atoms with E-state index >= 15 is 0 Å². The number of hydrogen-bond acceptors (Lipinski definition) is 2. The summed E-state index contributed by atoms with van der Waals surface area (Å²) >= 11 is 1.76. The molecule has 3 aromatic rings. The number of pyridine rings is 1. The maximum atomic E-state index is 4.30. The van der Waals surface area contributed by atoms with Gasteiger partial charge in [0.25, 0.3) is 0 Å². The van der Waals surface area contributed by atoms with E-state index in [4.69, 9.17) is 0 Å². The number of nitrogens with one attached hydrogen (secondary N) is 1. The molecule has 0 bridgehead atoms. The molecule has 0 saturated carbocycles. The summed E-state index contributed by atoms with van der Waals surface area (Å²) in [4.78, 5) is 8.78. The summed E-state index contributed by atoms with van der Waals surface area (Å²) in [6.07, 6.45) is 5.91. The first-order chi connectivity index (χ1) is 8.38. The quantitative estimate of drug-likeness (QED) is 0.687. The molecule has 0 atom stereocenters. The van der Waals surface area contributed by atoms with Crippen molar-refractivity contribution in [2.45, 2.75) is 4.90 Å². The van der Waals surface area contributed by atoms with Crippen LogP contribution in [0.5, 0.6) is 0 Å². The zero-order valence-electron chi connectivity index (χ0n) is 9.47. The van der Waals surface area contributed by atoms with Crippen LogP contribution < -0.4 is 0 Å². The lowest BCUT2D eigenvalue weighted by atomic mass is 10.1. The number of rotatable bonds is 2. The lowest BCUT2D eigenvalue weighted by Gasteiger charge is -2.01. The second-order valence-corrected chi connectivity index (χ2v) is 4.71. The molecule has 0 amide bonds. The molecular formula is C14H12N2S. The molecule has 84 valence electrons. The van der Waals surface area contributed by atoms with Gasteiger partial charge in [-0.1, -0.05) is 12.1 Å². The number of benzene rings is 1. The molecule has 2 nitrogen and oxygen atoms in total. The number of aromatic nitrogens is 2. The normalized spacial score (nSPS) is 10.9. The molecule has 1 aromatic carbocycles. The van der Waals surface area contributed by atoms with Crippen LogP contribution in [-0.4, -0.2) is 16.2 Å². The zero-order valence-corrected chi connectivity index (χ0v) is 10.3. The SMILES string of the molecule is CSc1ccc(-c2c[nH]c3ncccc23)cc1. The molecule has 0 aliphatic rings. The van der Waals surface area contributed by atoms with Crippen molar-refractivity contribution in [3.63, 3.8) is 0 Å². The van der Waals surface area contributed by atoms with Crippen molar-refractivity contribution < 1.29 is 0 Å². The highest BCUT2D eigenvalue weighted by Crippen LogP contribution is 2.28. The van der Waals surface area contributed by atoms with Crippen LogP contribution in [0, 0.1) is 0 Å². The minimum atomic E-state index is 0.941. The van der Waals surface area contributed by atoms with Gasteiger partial charge in [-0.15, -0.1) is 11.8 Å². The van der Waals surface area contributed by atoms with Crippen LogP contribution in [0.3, 0.4) is 0 Å². The molecule has 0 saturated heterocycles. The standard InChI is InChI=1S/C14H12N2S/c1-17-11-6-4-10(5-7-11)13-9-16-14-12(13)3-2-8-15-14/h2-9H,1H3,(H,15,16). The number of fused-ring (bicyclic) bond motifs is 1. The van der Waals surface area contributed by atoms with Crippen molar-refractivity contribution in [2.75, 3.05) is 6.26 Å². The van der Waals surface area contributed by atoms with E-state index in [2.05, 4.69) is 46.6 Å². The van der Waals surface area contributed by atoms with Gasteiger partial charge >= 0.3 is 0 Å². The van der Waals surface area contributed by atoms with E-state index in [9.17, 15) is 0 Å². The average molecular weight is 240 g/mol. The predicted octanol–water partition coefficient (Wildman–Crippen LogP) is 3.95. The van der Waals surface area contributed by atoms with Gasteiger partial charge in [-0.05, 0) is 36.1 Å². The highest BCUT2D eigenvalue weighted by atomic mass is 32.2. The maximum absolute atomic E-state index is 4.30. The van der Waals surface area contributed by atoms with Crippen molar-refractivity contribution in [1.29, 1.82) is 0 Å². The van der Waals surface area contributed by atoms with Crippen LogP contribution in [0.1, 0.15) is 0 Å². The summed E-state index contributed by atoms with van der Waals surface area (Å²) in [6.45, 7) is 0. The van der Waals surface area contributed by atoms with Gasteiger partial charge < -0.3 is 4.98 Å². The molecule has 3 heteroatoms. The van der Waals surface area contributed by atoms with E-state index in [1.807, 2.05) is 12.3 Å². The first kappa shape index (κ1) is 10.4. The summed E-state index contributed by atoms with van der Waals surface area (Å²) in [5.74, 6) is 0. The second-order valence-electron chi connectivity index (χ2n) is 3.83. The third-order valence-electron chi connectivity index (χ3n) is 2.85. The molecule has 0 fully saturated rings. The fourth-order valence-corrected chi connectivity index (χ4v) is 2.37. The Kier molecular flexibility index (Phi) is 2.61. The topological polar surface area (TPSA) is 28.7 Å². The molecule has 0 spiro atoms. The summed E-state index contributed by atoms with van der Waals surface area (Å²) in [5, 5.41) is 1.17. The van der Waals surface area contributed by atoms with Crippen LogP contribution in [0.2, 0.25) is 0 Å². The minimum absolute atomic E-state index is 0.941. The Bertz CT molecular complexity index is 641. The third kappa shape index (κ3) is 1.83. The summed E-state index contributed by atoms with van der Waals surface area (Å²) in [6, 6.07) is 12.7. The highest BCUT2D eigenvalue weighted by Gasteiger charge is 2.05. The predicted molar refractivity (Wildman–Crippen MR) is 73.3 cm³/mol. The smallest absolute Gasteiger partial charge is 0.137 e. The van der Waals surface area contributed by atoms with Crippen LogP contribution in [0.4, 0.5) is 0 Å². The number of nitrogens with zero attached hydrogens (tertiary/aromatic N) is 1. The average Bonchev–Trinajstić information content (AvgIpc) is 2.83. The van der Waals surface area contributed by atoms with E-state index in [0.717, 1.165) is 5.65 Å². The highest BCUT2D eigenvalue weighted by molar-refractivity contribution is 7.98. The van der Waals surface area contributed by atoms with Gasteiger partial charge in [-0.25, -0.2) is 4.98 Å². The maximum Gasteiger partial charge on any atom is 0.137 e. The Labute approximate surface area is 104 Å². The van der Waals surface area contributed by atoms with E-state index in [0.29, 0.717) is 0 Å². The van der Waals surface area contributed by atoms with Crippen molar-refractivity contribution in [3.8, 4) is 11.1 Å². The molecule has 0 aliphatic heterocycles. The Morgan fingerprint density at radius 1 is 1.12 bits per heavy atom. The molecule has 2 aromatic heterocycles. The molecule has 1 N–H and O–H groups in total. The molecule has 0 unspecified atom stereocenters. The fraction of sp³-hybridized carbons (Fsp3) is 0.0714. The van der Waals surface area contributed by atoms with Gasteiger partial charge in [0.15, 0.2) is 0 Å². The summed E-state index contributed by atoms with van der Waals surface area (Å²) in [5.41, 5.74) is 3.37. The van der Waals surface area contributed by atoms with Crippen LogP contribution in [-0.2, 0) is 0 Å². The summed E-state index contributed by atoms with van der Waals surface area (Å²) < 4.78 is 0. The monoisotopic (exact) mass is 240 g/mol. The number of hydrogen-bond donors (Lipinski definition) is 1. The first-order valence-corrected chi connectivity index (χ1v) is 6.67. The van der Waals surface area contributed by atoms with Gasteiger partial charge in [-0.3, -0.25) is 0 Å². The van der Waals surface area contributed by atoms with Crippen molar-refractivity contribution in [1.82, 2.24) is 9.97 Å². The number of thioether (sulfide) groups is 1. The second kappa shape index (κ2) is 4.26. The Morgan fingerprint density at radius 3 is 2.71 bits per heavy atom. The van der Waals surface area contributed by atoms with Gasteiger partial charge in [0, 0.05) is 28.2 Å². The largest absolute Gasteiger partial charge is 0.346 e. The van der Waals surface area contributed by atoms with E-state index < -0.39 is 0 Å². The van der Waals surface area contributed by atoms with E-state index in [1.54, 1.807) is 18.0 Å². The molecule has 0 radical (unpaired) electrons. The third-order valence-corrected chi connectivity index (χ3v) is 3.60. The van der Waals surface area contributed by atoms with Crippen molar-refractivity contribution in [2.24, 2.45) is 0 Å².